The Labute approximate surface area is 126 Å². The summed E-state index contributed by atoms with van der Waals surface area (Å²) in [5, 5.41) is 7.60. The lowest BCUT2D eigenvalue weighted by atomic mass is 10.2. The molecule has 0 saturated heterocycles. The predicted molar refractivity (Wildman–Crippen MR) is 78.8 cm³/mol. The average molecular weight is 338 g/mol. The van der Waals surface area contributed by atoms with E-state index >= 15 is 0 Å². The Kier molecular flexibility index (Phi) is 4.22. The van der Waals surface area contributed by atoms with Crippen LogP contribution in [0.2, 0.25) is 0 Å². The van der Waals surface area contributed by atoms with E-state index in [1.807, 2.05) is 23.0 Å². The van der Waals surface area contributed by atoms with Gasteiger partial charge in [-0.1, -0.05) is 0 Å². The van der Waals surface area contributed by atoms with E-state index in [1.54, 1.807) is 6.20 Å². The van der Waals surface area contributed by atoms with Crippen molar-refractivity contribution in [2.45, 2.75) is 19.5 Å². The highest BCUT2D eigenvalue weighted by molar-refractivity contribution is 9.10. The monoisotopic (exact) mass is 337 g/mol. The van der Waals surface area contributed by atoms with Gasteiger partial charge in [0.25, 0.3) is 0 Å². The molecule has 0 spiro atoms. The fraction of sp³-hybridized carbons (Fsp3) is 0.357. The third-order valence-corrected chi connectivity index (χ3v) is 3.71. The molecule has 0 unspecified atom stereocenters. The third kappa shape index (κ3) is 3.13. The Bertz CT molecular complexity index is 572. The van der Waals surface area contributed by atoms with Crippen molar-refractivity contribution >= 4 is 15.9 Å². The summed E-state index contributed by atoms with van der Waals surface area (Å²) in [5.74, 6) is 1.61. The molecule has 0 aliphatic carbocycles. The number of benzene rings is 1. The van der Waals surface area contributed by atoms with Crippen molar-refractivity contribution in [3.8, 4) is 11.5 Å². The number of nitrogens with zero attached hydrogens (tertiary/aromatic N) is 2. The number of fused-ring (bicyclic) bond motifs is 1. The number of hydrogen-bond acceptors (Lipinski definition) is 4. The second-order valence-electron chi connectivity index (χ2n) is 4.61. The molecule has 1 aliphatic rings. The number of halogens is 1. The zero-order valence-electron chi connectivity index (χ0n) is 11.0. The Morgan fingerprint density at radius 1 is 1.35 bits per heavy atom. The van der Waals surface area contributed by atoms with E-state index in [4.69, 9.17) is 9.47 Å². The molecular formula is C14H16BrN3O2. The van der Waals surface area contributed by atoms with Gasteiger partial charge in [0, 0.05) is 25.5 Å². The molecule has 6 heteroatoms. The van der Waals surface area contributed by atoms with Gasteiger partial charge in [-0.15, -0.1) is 0 Å². The molecule has 1 aromatic heterocycles. The van der Waals surface area contributed by atoms with Crippen LogP contribution in [0.4, 0.5) is 0 Å². The maximum Gasteiger partial charge on any atom is 0.231 e. The second-order valence-corrected chi connectivity index (χ2v) is 5.47. The Morgan fingerprint density at radius 3 is 3.15 bits per heavy atom. The predicted octanol–water partition coefficient (Wildman–Crippen LogP) is 2.55. The molecule has 2 aromatic rings. The molecule has 5 nitrogen and oxygen atoms in total. The lowest BCUT2D eigenvalue weighted by Gasteiger charge is -2.07. The summed E-state index contributed by atoms with van der Waals surface area (Å²) >= 11 is 3.50. The largest absolute Gasteiger partial charge is 0.454 e. The molecule has 0 bridgehead atoms. The van der Waals surface area contributed by atoms with Gasteiger partial charge < -0.3 is 14.8 Å². The molecular weight excluding hydrogens is 322 g/mol. The summed E-state index contributed by atoms with van der Waals surface area (Å²) in [6, 6.07) is 6.03. The number of hydrogen-bond donors (Lipinski definition) is 1. The van der Waals surface area contributed by atoms with Crippen molar-refractivity contribution in [1.82, 2.24) is 15.1 Å². The Morgan fingerprint density at radius 2 is 2.30 bits per heavy atom. The maximum absolute atomic E-state index is 5.40. The topological polar surface area (TPSA) is 48.3 Å². The number of aromatic nitrogens is 2. The Balaban J connectivity index is 1.46. The maximum atomic E-state index is 5.40. The minimum Gasteiger partial charge on any atom is -0.454 e. The first-order valence-corrected chi connectivity index (χ1v) is 7.38. The first-order chi connectivity index (χ1) is 9.83. The first-order valence-electron chi connectivity index (χ1n) is 6.59. The fourth-order valence-electron chi connectivity index (χ4n) is 2.15. The molecule has 0 fully saturated rings. The summed E-state index contributed by atoms with van der Waals surface area (Å²) < 4.78 is 13.7. The van der Waals surface area contributed by atoms with Crippen molar-refractivity contribution in [3.05, 3.63) is 40.6 Å². The number of nitrogens with one attached hydrogen (secondary N) is 1. The van der Waals surface area contributed by atoms with Crippen molar-refractivity contribution in [1.29, 1.82) is 0 Å². The highest BCUT2D eigenvalue weighted by Crippen LogP contribution is 2.39. The van der Waals surface area contributed by atoms with Crippen LogP contribution in [0.5, 0.6) is 11.5 Å². The molecule has 3 rings (SSSR count). The highest BCUT2D eigenvalue weighted by atomic mass is 79.9. The molecule has 1 aromatic carbocycles. The van der Waals surface area contributed by atoms with Crippen molar-refractivity contribution in [2.75, 3.05) is 13.3 Å². The van der Waals surface area contributed by atoms with E-state index < -0.39 is 0 Å². The summed E-state index contributed by atoms with van der Waals surface area (Å²) in [6.07, 6.45) is 4.83. The highest BCUT2D eigenvalue weighted by Gasteiger charge is 2.17. The quantitative estimate of drug-likeness (QED) is 0.823. The van der Waals surface area contributed by atoms with Gasteiger partial charge in [-0.2, -0.15) is 5.10 Å². The molecule has 20 heavy (non-hydrogen) atoms. The van der Waals surface area contributed by atoms with Crippen LogP contribution in [-0.4, -0.2) is 23.1 Å². The SMILES string of the molecule is Brc1cc(CNCCCn2cccn2)cc2c1OCO2. The third-order valence-electron chi connectivity index (χ3n) is 3.12. The summed E-state index contributed by atoms with van der Waals surface area (Å²) in [4.78, 5) is 0. The van der Waals surface area contributed by atoms with E-state index in [0.717, 1.165) is 42.0 Å². The molecule has 0 amide bonds. The number of rotatable bonds is 6. The van der Waals surface area contributed by atoms with Gasteiger partial charge in [0.2, 0.25) is 6.79 Å². The minimum absolute atomic E-state index is 0.300. The number of ether oxygens (including phenoxy) is 2. The van der Waals surface area contributed by atoms with Crippen LogP contribution < -0.4 is 14.8 Å². The van der Waals surface area contributed by atoms with Crippen LogP contribution in [-0.2, 0) is 13.1 Å². The van der Waals surface area contributed by atoms with E-state index in [9.17, 15) is 0 Å². The van der Waals surface area contributed by atoms with Gasteiger partial charge in [-0.05, 0) is 52.7 Å². The van der Waals surface area contributed by atoms with Crippen molar-refractivity contribution in [2.24, 2.45) is 0 Å². The fourth-order valence-corrected chi connectivity index (χ4v) is 2.76. The van der Waals surface area contributed by atoms with Gasteiger partial charge in [-0.3, -0.25) is 4.68 Å². The van der Waals surface area contributed by atoms with Gasteiger partial charge in [0.1, 0.15) is 0 Å². The molecule has 0 radical (unpaired) electrons. The van der Waals surface area contributed by atoms with Crippen LogP contribution in [0.3, 0.4) is 0 Å². The van der Waals surface area contributed by atoms with Crippen molar-refractivity contribution < 1.29 is 9.47 Å². The number of aryl methyl sites for hydroxylation is 1. The summed E-state index contributed by atoms with van der Waals surface area (Å²) in [5.41, 5.74) is 1.18. The molecule has 2 heterocycles. The Hall–Kier alpha value is -1.53. The van der Waals surface area contributed by atoms with Crippen LogP contribution in [0.25, 0.3) is 0 Å². The van der Waals surface area contributed by atoms with Crippen molar-refractivity contribution in [3.63, 3.8) is 0 Å². The van der Waals surface area contributed by atoms with Crippen LogP contribution in [0.1, 0.15) is 12.0 Å². The first kappa shape index (κ1) is 13.5. The van der Waals surface area contributed by atoms with E-state index in [0.29, 0.717) is 6.79 Å². The van der Waals surface area contributed by atoms with Crippen LogP contribution in [0, 0.1) is 0 Å². The summed E-state index contributed by atoms with van der Waals surface area (Å²) in [6.45, 7) is 3.00. The minimum atomic E-state index is 0.300. The van der Waals surface area contributed by atoms with Gasteiger partial charge >= 0.3 is 0 Å². The van der Waals surface area contributed by atoms with Gasteiger partial charge in [-0.25, -0.2) is 0 Å². The molecule has 0 atom stereocenters. The smallest absolute Gasteiger partial charge is 0.231 e. The lowest BCUT2D eigenvalue weighted by Crippen LogP contribution is -2.16. The van der Waals surface area contributed by atoms with Gasteiger partial charge in [0.15, 0.2) is 11.5 Å². The zero-order chi connectivity index (χ0) is 13.8. The van der Waals surface area contributed by atoms with E-state index in [2.05, 4.69) is 32.4 Å². The molecule has 106 valence electrons. The molecule has 0 saturated carbocycles. The lowest BCUT2D eigenvalue weighted by molar-refractivity contribution is 0.173. The second kappa shape index (κ2) is 6.28. The molecule has 1 N–H and O–H groups in total. The average Bonchev–Trinajstić information content (AvgIpc) is 3.08. The van der Waals surface area contributed by atoms with Crippen LogP contribution in [0.15, 0.2) is 35.1 Å². The zero-order valence-corrected chi connectivity index (χ0v) is 12.6. The van der Waals surface area contributed by atoms with Gasteiger partial charge in [0.05, 0.1) is 4.47 Å². The van der Waals surface area contributed by atoms with E-state index in [1.165, 1.54) is 5.56 Å². The molecule has 1 aliphatic heterocycles. The standard InChI is InChI=1S/C14H16BrN3O2/c15-12-7-11(8-13-14(12)20-10-19-13)9-16-3-1-5-18-6-2-4-17-18/h2,4,6-8,16H,1,3,5,9-10H2. The van der Waals surface area contributed by atoms with Crippen LogP contribution >= 0.6 is 15.9 Å². The summed E-state index contributed by atoms with van der Waals surface area (Å²) in [7, 11) is 0. The normalized spacial score (nSPS) is 12.8. The van der Waals surface area contributed by atoms with E-state index in [-0.39, 0.29) is 0 Å².